The van der Waals surface area contributed by atoms with Gasteiger partial charge in [-0.2, -0.15) is 5.10 Å². The van der Waals surface area contributed by atoms with E-state index in [0.29, 0.717) is 6.54 Å². The number of ether oxygens (including phenoxy) is 1. The number of carbonyl (C=O) groups is 1. The molecule has 0 radical (unpaired) electrons. The molecule has 6 heteroatoms. The standard InChI is InChI=1S/C22H26N4O2/c1-16-7-5-8-18(11-16)21(25(2)3)22(27)23-13-17-14-24-26(15-17)19-9-6-10-20(12-19)28-4/h5-12,14-15,21H,13H2,1-4H3,(H,23,27)/t21-/m0/s1. The summed E-state index contributed by atoms with van der Waals surface area (Å²) in [7, 11) is 5.46. The Hall–Kier alpha value is -3.12. The normalized spacial score (nSPS) is 12.0. The summed E-state index contributed by atoms with van der Waals surface area (Å²) in [6.45, 7) is 2.44. The fraction of sp³-hybridized carbons (Fsp3) is 0.273. The first kappa shape index (κ1) is 19.6. The van der Waals surface area contributed by atoms with Crippen LogP contribution in [0.4, 0.5) is 0 Å². The molecule has 0 fully saturated rings. The van der Waals surface area contributed by atoms with Gasteiger partial charge in [0.05, 0.1) is 19.0 Å². The Bertz CT molecular complexity index is 949. The summed E-state index contributed by atoms with van der Waals surface area (Å²) in [6, 6.07) is 15.4. The van der Waals surface area contributed by atoms with Crippen molar-refractivity contribution in [3.05, 3.63) is 77.6 Å². The monoisotopic (exact) mass is 378 g/mol. The van der Waals surface area contributed by atoms with Crippen molar-refractivity contribution in [1.29, 1.82) is 0 Å². The highest BCUT2D eigenvalue weighted by Gasteiger charge is 2.22. The number of rotatable bonds is 7. The number of carbonyl (C=O) groups excluding carboxylic acids is 1. The van der Waals surface area contributed by atoms with Gasteiger partial charge in [-0.05, 0) is 38.7 Å². The summed E-state index contributed by atoms with van der Waals surface area (Å²) in [5, 5.41) is 7.42. The summed E-state index contributed by atoms with van der Waals surface area (Å²) >= 11 is 0. The lowest BCUT2D eigenvalue weighted by molar-refractivity contribution is -0.125. The summed E-state index contributed by atoms with van der Waals surface area (Å²) in [5.74, 6) is 0.736. The molecule has 3 rings (SSSR count). The SMILES string of the molecule is COc1cccc(-n2cc(CNC(=O)[C@H](c3cccc(C)c3)N(C)C)cn2)c1. The molecule has 1 heterocycles. The zero-order valence-corrected chi connectivity index (χ0v) is 16.7. The molecule has 146 valence electrons. The average molecular weight is 378 g/mol. The van der Waals surface area contributed by atoms with E-state index < -0.39 is 0 Å². The number of aromatic nitrogens is 2. The molecule has 0 saturated heterocycles. The van der Waals surface area contributed by atoms with Crippen LogP contribution in [0.1, 0.15) is 22.7 Å². The molecule has 0 aliphatic carbocycles. The highest BCUT2D eigenvalue weighted by molar-refractivity contribution is 5.83. The van der Waals surface area contributed by atoms with Gasteiger partial charge >= 0.3 is 0 Å². The van der Waals surface area contributed by atoms with Crippen LogP contribution in [0.5, 0.6) is 5.75 Å². The van der Waals surface area contributed by atoms with E-state index >= 15 is 0 Å². The zero-order chi connectivity index (χ0) is 20.1. The predicted molar refractivity (Wildman–Crippen MR) is 110 cm³/mol. The summed E-state index contributed by atoms with van der Waals surface area (Å²) < 4.78 is 7.03. The van der Waals surface area contributed by atoms with Gasteiger partial charge in [0.1, 0.15) is 11.8 Å². The van der Waals surface area contributed by atoms with Crippen LogP contribution in [-0.2, 0) is 11.3 Å². The number of hydrogen-bond donors (Lipinski definition) is 1. The zero-order valence-electron chi connectivity index (χ0n) is 16.7. The van der Waals surface area contributed by atoms with Gasteiger partial charge in [0.2, 0.25) is 5.91 Å². The molecule has 0 aliphatic heterocycles. The van der Waals surface area contributed by atoms with Crippen molar-refractivity contribution < 1.29 is 9.53 Å². The second-order valence-corrected chi connectivity index (χ2v) is 6.99. The second kappa shape index (κ2) is 8.71. The highest BCUT2D eigenvalue weighted by Crippen LogP contribution is 2.20. The molecule has 0 aliphatic rings. The number of aryl methyl sites for hydroxylation is 1. The van der Waals surface area contributed by atoms with Gasteiger partial charge in [-0.1, -0.05) is 35.9 Å². The highest BCUT2D eigenvalue weighted by atomic mass is 16.5. The van der Waals surface area contributed by atoms with Crippen LogP contribution < -0.4 is 10.1 Å². The third kappa shape index (κ3) is 4.58. The maximum absolute atomic E-state index is 12.8. The van der Waals surface area contributed by atoms with Crippen molar-refractivity contribution in [2.24, 2.45) is 0 Å². The molecule has 2 aromatic carbocycles. The van der Waals surface area contributed by atoms with E-state index in [1.807, 2.05) is 80.6 Å². The van der Waals surface area contributed by atoms with E-state index in [4.69, 9.17) is 4.74 Å². The Morgan fingerprint density at radius 2 is 2.00 bits per heavy atom. The number of methoxy groups -OCH3 is 1. The molecule has 28 heavy (non-hydrogen) atoms. The average Bonchev–Trinajstić information content (AvgIpc) is 3.15. The van der Waals surface area contributed by atoms with Crippen LogP contribution in [0.15, 0.2) is 60.9 Å². The Morgan fingerprint density at radius 1 is 1.21 bits per heavy atom. The van der Waals surface area contributed by atoms with Gasteiger partial charge in [0, 0.05) is 24.4 Å². The lowest BCUT2D eigenvalue weighted by Crippen LogP contribution is -2.36. The smallest absolute Gasteiger partial charge is 0.242 e. The fourth-order valence-corrected chi connectivity index (χ4v) is 3.16. The Balaban J connectivity index is 1.69. The molecule has 0 spiro atoms. The van der Waals surface area contributed by atoms with Crippen molar-refractivity contribution in [3.8, 4) is 11.4 Å². The molecule has 0 saturated carbocycles. The Labute approximate surface area is 165 Å². The number of amides is 1. The van der Waals surface area contributed by atoms with Gasteiger partial charge in [0.25, 0.3) is 0 Å². The Morgan fingerprint density at radius 3 is 2.71 bits per heavy atom. The first-order valence-electron chi connectivity index (χ1n) is 9.16. The first-order valence-corrected chi connectivity index (χ1v) is 9.16. The molecular formula is C22H26N4O2. The topological polar surface area (TPSA) is 59.4 Å². The van der Waals surface area contributed by atoms with Crippen molar-refractivity contribution in [2.75, 3.05) is 21.2 Å². The lowest BCUT2D eigenvalue weighted by atomic mass is 10.0. The first-order chi connectivity index (χ1) is 13.5. The Kier molecular flexibility index (Phi) is 6.11. The summed E-state index contributed by atoms with van der Waals surface area (Å²) in [4.78, 5) is 14.8. The van der Waals surface area contributed by atoms with Gasteiger partial charge in [0.15, 0.2) is 0 Å². The van der Waals surface area contributed by atoms with Crippen molar-refractivity contribution in [3.63, 3.8) is 0 Å². The predicted octanol–water partition coefficient (Wildman–Crippen LogP) is 3.11. The van der Waals surface area contributed by atoms with E-state index in [1.54, 1.807) is 18.0 Å². The van der Waals surface area contributed by atoms with Crippen LogP contribution >= 0.6 is 0 Å². The van der Waals surface area contributed by atoms with Crippen molar-refractivity contribution in [2.45, 2.75) is 19.5 Å². The van der Waals surface area contributed by atoms with Crippen molar-refractivity contribution >= 4 is 5.91 Å². The molecule has 3 aromatic rings. The van der Waals surface area contributed by atoms with Crippen molar-refractivity contribution in [1.82, 2.24) is 20.0 Å². The maximum Gasteiger partial charge on any atom is 0.242 e. The van der Waals surface area contributed by atoms with Gasteiger partial charge < -0.3 is 10.1 Å². The second-order valence-electron chi connectivity index (χ2n) is 6.99. The molecular weight excluding hydrogens is 352 g/mol. The molecule has 1 N–H and O–H groups in total. The minimum Gasteiger partial charge on any atom is -0.497 e. The van der Waals surface area contributed by atoms with Gasteiger partial charge in [-0.25, -0.2) is 4.68 Å². The van der Waals surface area contributed by atoms with E-state index in [1.165, 1.54) is 0 Å². The van der Waals surface area contributed by atoms with Crippen LogP contribution in [0.25, 0.3) is 5.69 Å². The van der Waals surface area contributed by atoms with Crippen LogP contribution in [0.2, 0.25) is 0 Å². The minimum atomic E-state index is -0.340. The maximum atomic E-state index is 12.8. The molecule has 6 nitrogen and oxygen atoms in total. The molecule has 0 unspecified atom stereocenters. The van der Waals surface area contributed by atoms with E-state index in [2.05, 4.69) is 10.4 Å². The van der Waals surface area contributed by atoms with E-state index in [-0.39, 0.29) is 11.9 Å². The number of likely N-dealkylation sites (N-methyl/N-ethyl adjacent to an activating group) is 1. The minimum absolute atomic E-state index is 0.0373. The molecule has 1 amide bonds. The van der Waals surface area contributed by atoms with Crippen LogP contribution in [0, 0.1) is 6.92 Å². The quantitative estimate of drug-likeness (QED) is 0.686. The number of hydrogen-bond acceptors (Lipinski definition) is 4. The van der Waals surface area contributed by atoms with Crippen LogP contribution in [-0.4, -0.2) is 41.8 Å². The van der Waals surface area contributed by atoms with Crippen LogP contribution in [0.3, 0.4) is 0 Å². The third-order valence-corrected chi connectivity index (χ3v) is 4.54. The van der Waals surface area contributed by atoms with Gasteiger partial charge in [-0.15, -0.1) is 0 Å². The molecule has 1 atom stereocenters. The van der Waals surface area contributed by atoms with E-state index in [9.17, 15) is 4.79 Å². The largest absolute Gasteiger partial charge is 0.497 e. The summed E-state index contributed by atoms with van der Waals surface area (Å²) in [5.41, 5.74) is 3.95. The lowest BCUT2D eigenvalue weighted by Gasteiger charge is -2.24. The van der Waals surface area contributed by atoms with E-state index in [0.717, 1.165) is 28.1 Å². The number of nitrogens with zero attached hydrogens (tertiary/aromatic N) is 3. The summed E-state index contributed by atoms with van der Waals surface area (Å²) in [6.07, 6.45) is 3.67. The van der Waals surface area contributed by atoms with Gasteiger partial charge in [-0.3, -0.25) is 9.69 Å². The molecule has 1 aromatic heterocycles. The third-order valence-electron chi connectivity index (χ3n) is 4.54. The number of nitrogens with one attached hydrogen (secondary N) is 1. The molecule has 0 bridgehead atoms. The number of benzene rings is 2. The fourth-order valence-electron chi connectivity index (χ4n) is 3.16.